The first-order chi connectivity index (χ1) is 7.66. The minimum absolute atomic E-state index is 0.00361. The number of nitrogens with zero attached hydrogens (tertiary/aromatic N) is 4. The minimum atomic E-state index is -0.00361. The molecule has 5 heteroatoms. The lowest BCUT2D eigenvalue weighted by Gasteiger charge is -2.08. The molecule has 0 saturated carbocycles. The molecule has 0 aromatic carbocycles. The van der Waals surface area contributed by atoms with Crippen LogP contribution < -0.4 is 5.73 Å². The summed E-state index contributed by atoms with van der Waals surface area (Å²) in [6, 6.07) is 3.98. The van der Waals surface area contributed by atoms with Gasteiger partial charge in [0.2, 0.25) is 0 Å². The summed E-state index contributed by atoms with van der Waals surface area (Å²) < 4.78 is 3.66. The number of nitrogens with two attached hydrogens (primary N) is 1. The largest absolute Gasteiger partial charge is 0.323 e. The summed E-state index contributed by atoms with van der Waals surface area (Å²) in [6.45, 7) is 0. The van der Waals surface area contributed by atoms with Gasteiger partial charge in [-0.15, -0.1) is 0 Å². The van der Waals surface area contributed by atoms with E-state index in [2.05, 4.69) is 10.2 Å². The Labute approximate surface area is 94.9 Å². The number of hydrogen-bond acceptors (Lipinski definition) is 3. The van der Waals surface area contributed by atoms with E-state index >= 15 is 0 Å². The van der Waals surface area contributed by atoms with Crippen LogP contribution in [0.3, 0.4) is 0 Å². The van der Waals surface area contributed by atoms with Crippen LogP contribution in [0.2, 0.25) is 0 Å². The molecule has 0 amide bonds. The Hall–Kier alpha value is -1.62. The van der Waals surface area contributed by atoms with E-state index in [1.165, 1.54) is 5.69 Å². The zero-order valence-corrected chi connectivity index (χ0v) is 9.67. The van der Waals surface area contributed by atoms with Gasteiger partial charge in [-0.05, 0) is 25.0 Å². The molecule has 0 bridgehead atoms. The maximum atomic E-state index is 6.07. The van der Waals surface area contributed by atoms with E-state index in [4.69, 9.17) is 5.73 Å². The lowest BCUT2D eigenvalue weighted by Crippen LogP contribution is -2.13. The van der Waals surface area contributed by atoms with Gasteiger partial charge in [0.1, 0.15) is 0 Å². The number of hydrogen-bond donors (Lipinski definition) is 1. The summed E-state index contributed by atoms with van der Waals surface area (Å²) in [5.41, 5.74) is 8.22. The molecule has 1 atom stereocenters. The smallest absolute Gasteiger partial charge is 0.0791 e. The Kier molecular flexibility index (Phi) is 3.05. The Morgan fingerprint density at radius 2 is 2.19 bits per heavy atom. The van der Waals surface area contributed by atoms with Crippen LogP contribution in [0.5, 0.6) is 0 Å². The first-order valence-electron chi connectivity index (χ1n) is 5.39. The maximum absolute atomic E-state index is 6.07. The van der Waals surface area contributed by atoms with E-state index in [0.717, 1.165) is 18.5 Å². The van der Waals surface area contributed by atoms with Crippen LogP contribution in [0.15, 0.2) is 24.5 Å². The molecule has 2 aromatic heterocycles. The van der Waals surface area contributed by atoms with Crippen LogP contribution in [0.25, 0.3) is 0 Å². The minimum Gasteiger partial charge on any atom is -0.323 e. The van der Waals surface area contributed by atoms with E-state index < -0.39 is 0 Å². The van der Waals surface area contributed by atoms with Crippen LogP contribution in [0, 0.1) is 0 Å². The van der Waals surface area contributed by atoms with Crippen LogP contribution in [-0.2, 0) is 20.5 Å². The predicted octanol–water partition coefficient (Wildman–Crippen LogP) is 0.786. The summed E-state index contributed by atoms with van der Waals surface area (Å²) in [5.74, 6) is 0. The average molecular weight is 219 g/mol. The van der Waals surface area contributed by atoms with Crippen molar-refractivity contribution in [3.63, 3.8) is 0 Å². The number of aryl methyl sites for hydroxylation is 3. The van der Waals surface area contributed by atoms with Crippen molar-refractivity contribution in [2.75, 3.05) is 0 Å². The van der Waals surface area contributed by atoms with Gasteiger partial charge in [0, 0.05) is 38.2 Å². The molecule has 2 N–H and O–H groups in total. The van der Waals surface area contributed by atoms with Crippen molar-refractivity contribution in [3.8, 4) is 0 Å². The van der Waals surface area contributed by atoms with Gasteiger partial charge in [0.15, 0.2) is 0 Å². The Morgan fingerprint density at radius 3 is 2.75 bits per heavy atom. The van der Waals surface area contributed by atoms with Crippen molar-refractivity contribution >= 4 is 0 Å². The molecule has 0 saturated heterocycles. The Balaban J connectivity index is 1.93. The second-order valence-corrected chi connectivity index (χ2v) is 4.01. The van der Waals surface area contributed by atoms with Crippen molar-refractivity contribution in [2.45, 2.75) is 18.9 Å². The SMILES string of the molecule is Cn1ccc(C(N)CCc2ccnn2C)n1. The van der Waals surface area contributed by atoms with Crippen molar-refractivity contribution in [2.24, 2.45) is 19.8 Å². The molecule has 0 fully saturated rings. The highest BCUT2D eigenvalue weighted by atomic mass is 15.3. The molecule has 0 aliphatic carbocycles. The van der Waals surface area contributed by atoms with Gasteiger partial charge < -0.3 is 5.73 Å². The average Bonchev–Trinajstić information content (AvgIpc) is 2.84. The summed E-state index contributed by atoms with van der Waals surface area (Å²) in [7, 11) is 3.85. The standard InChI is InChI=1S/C11H17N5/c1-15-8-6-11(14-15)10(12)4-3-9-5-7-13-16(9)2/h5-8,10H,3-4,12H2,1-2H3. The molecule has 0 aliphatic rings. The quantitative estimate of drug-likeness (QED) is 0.826. The van der Waals surface area contributed by atoms with E-state index in [9.17, 15) is 0 Å². The second kappa shape index (κ2) is 4.49. The third kappa shape index (κ3) is 2.30. The fourth-order valence-corrected chi connectivity index (χ4v) is 1.73. The highest BCUT2D eigenvalue weighted by molar-refractivity contribution is 5.07. The number of aromatic nitrogens is 4. The normalized spacial score (nSPS) is 12.9. The Morgan fingerprint density at radius 1 is 1.38 bits per heavy atom. The third-order valence-electron chi connectivity index (χ3n) is 2.75. The van der Waals surface area contributed by atoms with Crippen molar-refractivity contribution in [1.29, 1.82) is 0 Å². The van der Waals surface area contributed by atoms with E-state index in [1.54, 1.807) is 4.68 Å². The van der Waals surface area contributed by atoms with E-state index in [-0.39, 0.29) is 6.04 Å². The van der Waals surface area contributed by atoms with E-state index in [0.29, 0.717) is 0 Å². The van der Waals surface area contributed by atoms with E-state index in [1.807, 2.05) is 43.3 Å². The van der Waals surface area contributed by atoms with Gasteiger partial charge in [-0.1, -0.05) is 0 Å². The van der Waals surface area contributed by atoms with Crippen LogP contribution in [-0.4, -0.2) is 19.6 Å². The zero-order chi connectivity index (χ0) is 11.5. The topological polar surface area (TPSA) is 61.7 Å². The van der Waals surface area contributed by atoms with Gasteiger partial charge >= 0.3 is 0 Å². The molecule has 5 nitrogen and oxygen atoms in total. The van der Waals surface area contributed by atoms with Crippen molar-refractivity contribution in [3.05, 3.63) is 35.9 Å². The molecule has 16 heavy (non-hydrogen) atoms. The summed E-state index contributed by atoms with van der Waals surface area (Å²) in [6.07, 6.45) is 5.53. The van der Waals surface area contributed by atoms with Crippen LogP contribution >= 0.6 is 0 Å². The monoisotopic (exact) mass is 219 g/mol. The molecular weight excluding hydrogens is 202 g/mol. The van der Waals surface area contributed by atoms with Crippen molar-refractivity contribution in [1.82, 2.24) is 19.6 Å². The van der Waals surface area contributed by atoms with Gasteiger partial charge in [0.25, 0.3) is 0 Å². The van der Waals surface area contributed by atoms with Gasteiger partial charge in [0.05, 0.1) is 5.69 Å². The van der Waals surface area contributed by atoms with Gasteiger partial charge in [-0.3, -0.25) is 9.36 Å². The predicted molar refractivity (Wildman–Crippen MR) is 61.7 cm³/mol. The first-order valence-corrected chi connectivity index (χ1v) is 5.39. The highest BCUT2D eigenvalue weighted by Gasteiger charge is 2.10. The molecule has 1 unspecified atom stereocenters. The third-order valence-corrected chi connectivity index (χ3v) is 2.75. The molecule has 2 heterocycles. The molecule has 2 rings (SSSR count). The lowest BCUT2D eigenvalue weighted by molar-refractivity contribution is 0.590. The molecule has 2 aromatic rings. The molecule has 0 radical (unpaired) electrons. The second-order valence-electron chi connectivity index (χ2n) is 4.01. The fourth-order valence-electron chi connectivity index (χ4n) is 1.73. The molecule has 0 spiro atoms. The highest BCUT2D eigenvalue weighted by Crippen LogP contribution is 2.14. The molecular formula is C11H17N5. The number of rotatable bonds is 4. The molecule has 86 valence electrons. The lowest BCUT2D eigenvalue weighted by atomic mass is 10.1. The zero-order valence-electron chi connectivity index (χ0n) is 9.67. The summed E-state index contributed by atoms with van der Waals surface area (Å²) in [5, 5.41) is 8.43. The maximum Gasteiger partial charge on any atom is 0.0791 e. The first kappa shape index (κ1) is 10.9. The summed E-state index contributed by atoms with van der Waals surface area (Å²) >= 11 is 0. The van der Waals surface area contributed by atoms with Crippen LogP contribution in [0.1, 0.15) is 23.9 Å². The summed E-state index contributed by atoms with van der Waals surface area (Å²) in [4.78, 5) is 0. The fraction of sp³-hybridized carbons (Fsp3) is 0.455. The molecule has 0 aliphatic heterocycles. The van der Waals surface area contributed by atoms with Gasteiger partial charge in [-0.2, -0.15) is 10.2 Å². The van der Waals surface area contributed by atoms with Gasteiger partial charge in [-0.25, -0.2) is 0 Å². The van der Waals surface area contributed by atoms with Crippen LogP contribution in [0.4, 0.5) is 0 Å². The van der Waals surface area contributed by atoms with Crippen molar-refractivity contribution < 1.29 is 0 Å². The Bertz CT molecular complexity index is 456.